The van der Waals surface area contributed by atoms with E-state index in [0.29, 0.717) is 19.8 Å². The van der Waals surface area contributed by atoms with Gasteiger partial charge in [-0.3, -0.25) is 0 Å². The van der Waals surface area contributed by atoms with Gasteiger partial charge in [0.1, 0.15) is 5.75 Å². The van der Waals surface area contributed by atoms with E-state index < -0.39 is 0 Å². The Balaban J connectivity index is 2.34. The van der Waals surface area contributed by atoms with E-state index in [4.69, 9.17) is 15.2 Å². The minimum absolute atomic E-state index is 0.622. The average molecular weight is 195 g/mol. The van der Waals surface area contributed by atoms with Crippen molar-refractivity contribution in [2.45, 2.75) is 13.0 Å². The van der Waals surface area contributed by atoms with Crippen LogP contribution in [0.3, 0.4) is 0 Å². The summed E-state index contributed by atoms with van der Waals surface area (Å²) in [4.78, 5) is 0. The molecule has 1 aromatic carbocycles. The highest BCUT2D eigenvalue weighted by molar-refractivity contribution is 5.27. The average Bonchev–Trinajstić information content (AvgIpc) is 2.25. The van der Waals surface area contributed by atoms with Crippen molar-refractivity contribution < 1.29 is 9.47 Å². The van der Waals surface area contributed by atoms with Gasteiger partial charge in [0.05, 0.1) is 13.7 Å². The lowest BCUT2D eigenvalue weighted by Crippen LogP contribution is -2.04. The van der Waals surface area contributed by atoms with Gasteiger partial charge in [-0.1, -0.05) is 12.1 Å². The SMILES string of the molecule is COc1cccc(COCCCN)c1. The van der Waals surface area contributed by atoms with Crippen LogP contribution in [0.25, 0.3) is 0 Å². The molecule has 0 amide bonds. The maximum absolute atomic E-state index is 5.42. The van der Waals surface area contributed by atoms with Gasteiger partial charge in [-0.25, -0.2) is 0 Å². The van der Waals surface area contributed by atoms with E-state index in [1.807, 2.05) is 24.3 Å². The summed E-state index contributed by atoms with van der Waals surface area (Å²) in [7, 11) is 1.66. The van der Waals surface area contributed by atoms with Gasteiger partial charge in [-0.2, -0.15) is 0 Å². The molecule has 0 aliphatic heterocycles. The van der Waals surface area contributed by atoms with Gasteiger partial charge in [0.15, 0.2) is 0 Å². The molecule has 78 valence electrons. The molecule has 0 bridgehead atoms. The molecule has 0 aromatic heterocycles. The first kappa shape index (κ1) is 11.0. The van der Waals surface area contributed by atoms with Crippen molar-refractivity contribution in [3.05, 3.63) is 29.8 Å². The highest BCUT2D eigenvalue weighted by Crippen LogP contribution is 2.13. The molecule has 0 heterocycles. The van der Waals surface area contributed by atoms with Gasteiger partial charge in [-0.15, -0.1) is 0 Å². The maximum atomic E-state index is 5.42. The predicted octanol–water partition coefficient (Wildman–Crippen LogP) is 1.56. The van der Waals surface area contributed by atoms with Crippen LogP contribution in [0.4, 0.5) is 0 Å². The number of benzene rings is 1. The molecular weight excluding hydrogens is 178 g/mol. The van der Waals surface area contributed by atoms with E-state index in [0.717, 1.165) is 17.7 Å². The summed E-state index contributed by atoms with van der Waals surface area (Å²) in [5.74, 6) is 0.866. The summed E-state index contributed by atoms with van der Waals surface area (Å²) in [5.41, 5.74) is 6.48. The molecule has 1 aromatic rings. The molecule has 14 heavy (non-hydrogen) atoms. The molecule has 0 spiro atoms. The van der Waals surface area contributed by atoms with Gasteiger partial charge in [0.25, 0.3) is 0 Å². The Morgan fingerprint density at radius 1 is 1.36 bits per heavy atom. The Labute approximate surface area is 84.8 Å². The minimum atomic E-state index is 0.622. The molecule has 0 unspecified atom stereocenters. The van der Waals surface area contributed by atoms with E-state index >= 15 is 0 Å². The first-order valence-electron chi connectivity index (χ1n) is 4.77. The van der Waals surface area contributed by atoms with Crippen LogP contribution in [0.2, 0.25) is 0 Å². The Kier molecular flexibility index (Phi) is 5.04. The minimum Gasteiger partial charge on any atom is -0.497 e. The van der Waals surface area contributed by atoms with Crippen LogP contribution in [0.5, 0.6) is 5.75 Å². The van der Waals surface area contributed by atoms with Gasteiger partial charge in [-0.05, 0) is 30.7 Å². The number of rotatable bonds is 6. The van der Waals surface area contributed by atoms with Gasteiger partial charge >= 0.3 is 0 Å². The normalized spacial score (nSPS) is 10.1. The Morgan fingerprint density at radius 2 is 2.21 bits per heavy atom. The molecule has 1 rings (SSSR count). The maximum Gasteiger partial charge on any atom is 0.119 e. The molecular formula is C11H17NO2. The third-order valence-electron chi connectivity index (χ3n) is 1.90. The van der Waals surface area contributed by atoms with Gasteiger partial charge < -0.3 is 15.2 Å². The fourth-order valence-electron chi connectivity index (χ4n) is 1.14. The Morgan fingerprint density at radius 3 is 2.93 bits per heavy atom. The first-order valence-corrected chi connectivity index (χ1v) is 4.77. The first-order chi connectivity index (χ1) is 6.86. The highest BCUT2D eigenvalue weighted by Gasteiger charge is 1.95. The van der Waals surface area contributed by atoms with Gasteiger partial charge in [0, 0.05) is 6.61 Å². The van der Waals surface area contributed by atoms with Crippen molar-refractivity contribution in [1.82, 2.24) is 0 Å². The van der Waals surface area contributed by atoms with Gasteiger partial charge in [0.2, 0.25) is 0 Å². The zero-order valence-electron chi connectivity index (χ0n) is 8.53. The van der Waals surface area contributed by atoms with Crippen molar-refractivity contribution in [2.75, 3.05) is 20.3 Å². The molecule has 0 radical (unpaired) electrons. The fourth-order valence-corrected chi connectivity index (χ4v) is 1.14. The third-order valence-corrected chi connectivity index (χ3v) is 1.90. The lowest BCUT2D eigenvalue weighted by Gasteiger charge is -2.05. The fraction of sp³-hybridized carbons (Fsp3) is 0.455. The molecule has 0 saturated carbocycles. The summed E-state index contributed by atoms with van der Waals surface area (Å²) >= 11 is 0. The summed E-state index contributed by atoms with van der Waals surface area (Å²) in [6.45, 7) is 2.02. The molecule has 0 fully saturated rings. The van der Waals surface area contributed by atoms with Crippen molar-refractivity contribution in [3.8, 4) is 5.75 Å². The zero-order chi connectivity index (χ0) is 10.2. The zero-order valence-corrected chi connectivity index (χ0v) is 8.53. The van der Waals surface area contributed by atoms with E-state index in [1.54, 1.807) is 7.11 Å². The number of hydrogen-bond donors (Lipinski definition) is 1. The second kappa shape index (κ2) is 6.40. The summed E-state index contributed by atoms with van der Waals surface area (Å²) < 4.78 is 10.5. The lowest BCUT2D eigenvalue weighted by atomic mass is 10.2. The Bertz CT molecular complexity index is 263. The Hall–Kier alpha value is -1.06. The summed E-state index contributed by atoms with van der Waals surface area (Å²) in [6, 6.07) is 7.87. The van der Waals surface area contributed by atoms with E-state index in [2.05, 4.69) is 0 Å². The topological polar surface area (TPSA) is 44.5 Å². The van der Waals surface area contributed by atoms with Crippen LogP contribution in [0.15, 0.2) is 24.3 Å². The summed E-state index contributed by atoms with van der Waals surface area (Å²) in [6.07, 6.45) is 0.907. The smallest absolute Gasteiger partial charge is 0.119 e. The largest absolute Gasteiger partial charge is 0.497 e. The van der Waals surface area contributed by atoms with Crippen LogP contribution in [0.1, 0.15) is 12.0 Å². The number of nitrogens with two attached hydrogens (primary N) is 1. The summed E-state index contributed by atoms with van der Waals surface area (Å²) in [5, 5.41) is 0. The van der Waals surface area contributed by atoms with Crippen LogP contribution in [-0.2, 0) is 11.3 Å². The van der Waals surface area contributed by atoms with Crippen LogP contribution in [-0.4, -0.2) is 20.3 Å². The molecule has 2 N–H and O–H groups in total. The van der Waals surface area contributed by atoms with Crippen molar-refractivity contribution >= 4 is 0 Å². The van der Waals surface area contributed by atoms with Crippen LogP contribution >= 0.6 is 0 Å². The molecule has 0 atom stereocenters. The molecule has 0 aliphatic carbocycles. The molecule has 3 nitrogen and oxygen atoms in total. The van der Waals surface area contributed by atoms with E-state index in [9.17, 15) is 0 Å². The number of methoxy groups -OCH3 is 1. The van der Waals surface area contributed by atoms with Crippen molar-refractivity contribution in [3.63, 3.8) is 0 Å². The lowest BCUT2D eigenvalue weighted by molar-refractivity contribution is 0.120. The van der Waals surface area contributed by atoms with E-state index in [1.165, 1.54) is 0 Å². The second-order valence-corrected chi connectivity index (χ2v) is 3.05. The van der Waals surface area contributed by atoms with Crippen molar-refractivity contribution in [2.24, 2.45) is 5.73 Å². The quantitative estimate of drug-likeness (QED) is 0.701. The molecule has 3 heteroatoms. The van der Waals surface area contributed by atoms with E-state index in [-0.39, 0.29) is 0 Å². The van der Waals surface area contributed by atoms with Crippen LogP contribution < -0.4 is 10.5 Å². The van der Waals surface area contributed by atoms with Crippen molar-refractivity contribution in [1.29, 1.82) is 0 Å². The molecule has 0 aliphatic rings. The second-order valence-electron chi connectivity index (χ2n) is 3.05. The predicted molar refractivity (Wildman–Crippen MR) is 56.3 cm³/mol. The number of ether oxygens (including phenoxy) is 2. The highest BCUT2D eigenvalue weighted by atomic mass is 16.5. The van der Waals surface area contributed by atoms with Crippen LogP contribution in [0, 0.1) is 0 Å². The molecule has 0 saturated heterocycles. The third kappa shape index (κ3) is 3.77. The monoisotopic (exact) mass is 195 g/mol. The number of hydrogen-bond acceptors (Lipinski definition) is 3. The standard InChI is InChI=1S/C11H17NO2/c1-13-11-5-2-4-10(8-11)9-14-7-3-6-12/h2,4-5,8H,3,6-7,9,12H2,1H3.